The lowest BCUT2D eigenvalue weighted by Crippen LogP contribution is -1.92. The van der Waals surface area contributed by atoms with Gasteiger partial charge in [0.05, 0.1) is 0 Å². The van der Waals surface area contributed by atoms with Crippen molar-refractivity contribution in [3.63, 3.8) is 0 Å². The van der Waals surface area contributed by atoms with Crippen molar-refractivity contribution in [2.75, 3.05) is 11.5 Å². The van der Waals surface area contributed by atoms with Gasteiger partial charge in [-0.25, -0.2) is 4.98 Å². The predicted octanol–water partition coefficient (Wildman–Crippen LogP) is 2.90. The average Bonchev–Trinajstić information content (AvgIpc) is 2.51. The monoisotopic (exact) mass is 233 g/mol. The van der Waals surface area contributed by atoms with Crippen LogP contribution in [0.25, 0.3) is 11.3 Å². The molecule has 1 heterocycles. The molecule has 3 nitrogen and oxygen atoms in total. The molecule has 1 aromatic carbocycles. The van der Waals surface area contributed by atoms with E-state index >= 15 is 0 Å². The Balaban J connectivity index is 2.64. The van der Waals surface area contributed by atoms with Crippen LogP contribution in [0.15, 0.2) is 12.1 Å². The van der Waals surface area contributed by atoms with Gasteiger partial charge < -0.3 is 11.5 Å². The zero-order valence-electron chi connectivity index (χ0n) is 9.66. The molecule has 16 heavy (non-hydrogen) atoms. The summed E-state index contributed by atoms with van der Waals surface area (Å²) in [6, 6.07) is 4.27. The topological polar surface area (TPSA) is 64.9 Å². The van der Waals surface area contributed by atoms with Crippen molar-refractivity contribution in [3.05, 3.63) is 28.8 Å². The third-order valence-electron chi connectivity index (χ3n) is 2.77. The van der Waals surface area contributed by atoms with Crippen LogP contribution >= 0.6 is 11.3 Å². The predicted molar refractivity (Wildman–Crippen MR) is 70.6 cm³/mol. The number of anilines is 2. The van der Waals surface area contributed by atoms with Gasteiger partial charge in [-0.15, -0.1) is 0 Å². The zero-order chi connectivity index (χ0) is 11.9. The lowest BCUT2D eigenvalue weighted by atomic mass is 9.99. The van der Waals surface area contributed by atoms with Crippen LogP contribution in [0.5, 0.6) is 0 Å². The normalized spacial score (nSPS) is 10.7. The molecule has 2 aromatic rings. The van der Waals surface area contributed by atoms with E-state index in [-0.39, 0.29) is 0 Å². The third kappa shape index (κ3) is 1.76. The Morgan fingerprint density at radius 3 is 2.19 bits per heavy atom. The van der Waals surface area contributed by atoms with Crippen LogP contribution in [-0.4, -0.2) is 4.98 Å². The highest BCUT2D eigenvalue weighted by atomic mass is 32.1. The van der Waals surface area contributed by atoms with Crippen molar-refractivity contribution in [1.29, 1.82) is 0 Å². The summed E-state index contributed by atoms with van der Waals surface area (Å²) >= 11 is 1.33. The van der Waals surface area contributed by atoms with Crippen molar-refractivity contribution >= 4 is 21.5 Å². The maximum Gasteiger partial charge on any atom is 0.182 e. The molecular formula is C12H15N3S. The summed E-state index contributed by atoms with van der Waals surface area (Å²) in [5.74, 6) is 0. The Labute approximate surface area is 99.1 Å². The van der Waals surface area contributed by atoms with E-state index < -0.39 is 0 Å². The van der Waals surface area contributed by atoms with E-state index in [1.54, 1.807) is 0 Å². The minimum absolute atomic E-state index is 0.519. The number of hydrogen-bond donors (Lipinski definition) is 2. The molecule has 2 rings (SSSR count). The lowest BCUT2D eigenvalue weighted by molar-refractivity contribution is 1.28. The summed E-state index contributed by atoms with van der Waals surface area (Å²) < 4.78 is 0. The maximum absolute atomic E-state index is 5.91. The molecule has 4 heteroatoms. The van der Waals surface area contributed by atoms with Gasteiger partial charge in [-0.3, -0.25) is 0 Å². The Morgan fingerprint density at radius 2 is 1.62 bits per heavy atom. The van der Waals surface area contributed by atoms with Crippen LogP contribution < -0.4 is 11.5 Å². The summed E-state index contributed by atoms with van der Waals surface area (Å²) in [6.07, 6.45) is 0. The number of rotatable bonds is 1. The summed E-state index contributed by atoms with van der Waals surface area (Å²) in [6.45, 7) is 6.26. The van der Waals surface area contributed by atoms with Gasteiger partial charge in [0, 0.05) is 5.56 Å². The molecule has 84 valence electrons. The number of hydrogen-bond acceptors (Lipinski definition) is 4. The summed E-state index contributed by atoms with van der Waals surface area (Å²) in [5.41, 5.74) is 17.2. The first kappa shape index (κ1) is 11.0. The van der Waals surface area contributed by atoms with Gasteiger partial charge in [-0.2, -0.15) is 0 Å². The molecule has 0 spiro atoms. The van der Waals surface area contributed by atoms with Crippen molar-refractivity contribution in [1.82, 2.24) is 4.98 Å². The minimum Gasteiger partial charge on any atom is -0.389 e. The maximum atomic E-state index is 5.91. The van der Waals surface area contributed by atoms with E-state index in [1.807, 2.05) is 0 Å². The molecule has 4 N–H and O–H groups in total. The molecule has 0 saturated heterocycles. The molecule has 0 aliphatic rings. The molecule has 0 saturated carbocycles. The summed E-state index contributed by atoms with van der Waals surface area (Å²) in [7, 11) is 0. The van der Waals surface area contributed by atoms with Gasteiger partial charge in [0.15, 0.2) is 5.13 Å². The first-order valence-corrected chi connectivity index (χ1v) is 5.90. The van der Waals surface area contributed by atoms with Gasteiger partial charge in [-0.1, -0.05) is 17.4 Å². The Hall–Kier alpha value is -1.55. The summed E-state index contributed by atoms with van der Waals surface area (Å²) in [4.78, 5) is 4.28. The molecule has 0 bridgehead atoms. The van der Waals surface area contributed by atoms with E-state index in [2.05, 4.69) is 37.9 Å². The quantitative estimate of drug-likeness (QED) is 0.796. The molecule has 0 atom stereocenters. The van der Waals surface area contributed by atoms with Crippen molar-refractivity contribution < 1.29 is 0 Å². The molecule has 1 aromatic heterocycles. The van der Waals surface area contributed by atoms with Crippen LogP contribution in [0.3, 0.4) is 0 Å². The Bertz CT molecular complexity index is 543. The van der Waals surface area contributed by atoms with E-state index in [0.717, 1.165) is 11.3 Å². The van der Waals surface area contributed by atoms with E-state index in [1.165, 1.54) is 28.0 Å². The second kappa shape index (κ2) is 3.79. The molecular weight excluding hydrogens is 218 g/mol. The third-order valence-corrected chi connectivity index (χ3v) is 3.48. The fourth-order valence-corrected chi connectivity index (χ4v) is 2.37. The number of nitrogens with zero attached hydrogens (tertiary/aromatic N) is 1. The molecule has 0 amide bonds. The van der Waals surface area contributed by atoms with E-state index in [0.29, 0.717) is 10.1 Å². The van der Waals surface area contributed by atoms with Crippen molar-refractivity contribution in [2.45, 2.75) is 20.8 Å². The van der Waals surface area contributed by atoms with Crippen LogP contribution in [0.1, 0.15) is 16.7 Å². The highest BCUT2D eigenvalue weighted by molar-refractivity contribution is 7.19. The van der Waals surface area contributed by atoms with Crippen LogP contribution in [-0.2, 0) is 0 Å². The van der Waals surface area contributed by atoms with Gasteiger partial charge in [0.1, 0.15) is 10.7 Å². The van der Waals surface area contributed by atoms with Crippen LogP contribution in [0.2, 0.25) is 0 Å². The number of nitrogen functional groups attached to an aromatic ring is 2. The largest absolute Gasteiger partial charge is 0.389 e. The zero-order valence-corrected chi connectivity index (χ0v) is 10.5. The second-order valence-electron chi connectivity index (χ2n) is 4.02. The van der Waals surface area contributed by atoms with Gasteiger partial charge >= 0.3 is 0 Å². The number of nitrogens with two attached hydrogens (primary N) is 2. The number of benzene rings is 1. The molecule has 0 fully saturated rings. The van der Waals surface area contributed by atoms with Gasteiger partial charge in [0.25, 0.3) is 0 Å². The van der Waals surface area contributed by atoms with E-state index in [9.17, 15) is 0 Å². The standard InChI is InChI=1S/C12H15N3S/c1-6-4-8(3)9(5-7(6)2)10-11(13)16-12(14)15-10/h4-5H,13H2,1-3H3,(H2,14,15). The van der Waals surface area contributed by atoms with Gasteiger partial charge in [-0.05, 0) is 43.5 Å². The number of aromatic nitrogens is 1. The van der Waals surface area contributed by atoms with Crippen molar-refractivity contribution in [3.8, 4) is 11.3 Å². The second-order valence-corrected chi connectivity index (χ2v) is 5.08. The smallest absolute Gasteiger partial charge is 0.182 e. The Kier molecular flexibility index (Phi) is 2.59. The fraction of sp³-hybridized carbons (Fsp3) is 0.250. The Morgan fingerprint density at radius 1 is 1.00 bits per heavy atom. The highest BCUT2D eigenvalue weighted by Gasteiger charge is 2.12. The van der Waals surface area contributed by atoms with E-state index in [4.69, 9.17) is 11.5 Å². The SMILES string of the molecule is Cc1cc(C)c(-c2nc(N)sc2N)cc1C. The first-order valence-electron chi connectivity index (χ1n) is 5.09. The average molecular weight is 233 g/mol. The number of thiazole rings is 1. The van der Waals surface area contributed by atoms with Crippen LogP contribution in [0.4, 0.5) is 10.1 Å². The van der Waals surface area contributed by atoms with Gasteiger partial charge in [0.2, 0.25) is 0 Å². The molecule has 0 unspecified atom stereocenters. The number of aryl methyl sites for hydroxylation is 3. The first-order chi connectivity index (χ1) is 7.49. The van der Waals surface area contributed by atoms with Crippen LogP contribution in [0, 0.1) is 20.8 Å². The molecule has 0 aliphatic heterocycles. The van der Waals surface area contributed by atoms with Crippen molar-refractivity contribution in [2.24, 2.45) is 0 Å². The lowest BCUT2D eigenvalue weighted by Gasteiger charge is -2.08. The fourth-order valence-electron chi connectivity index (χ4n) is 1.76. The summed E-state index contributed by atoms with van der Waals surface area (Å²) in [5, 5.41) is 1.20. The minimum atomic E-state index is 0.519. The molecule has 0 aliphatic carbocycles. The highest BCUT2D eigenvalue weighted by Crippen LogP contribution is 2.34. The molecule has 0 radical (unpaired) electrons.